The molecule has 4 rings (SSSR count). The van der Waals surface area contributed by atoms with E-state index in [1.54, 1.807) is 13.3 Å². The summed E-state index contributed by atoms with van der Waals surface area (Å²) in [6.07, 6.45) is 10.1. The van der Waals surface area contributed by atoms with Crippen LogP contribution in [0.4, 0.5) is 0 Å². The molecule has 2 aromatic rings. The van der Waals surface area contributed by atoms with Gasteiger partial charge in [-0.15, -0.1) is 0 Å². The number of aliphatic carboxylic acids is 1. The van der Waals surface area contributed by atoms with Crippen LogP contribution in [0.2, 0.25) is 5.02 Å². The van der Waals surface area contributed by atoms with Crippen molar-refractivity contribution in [2.75, 3.05) is 32.5 Å². The quantitative estimate of drug-likeness (QED) is 0.355. The molecule has 2 heterocycles. The molecule has 0 amide bonds. The number of benzene rings is 1. The summed E-state index contributed by atoms with van der Waals surface area (Å²) < 4.78 is 5.36. The van der Waals surface area contributed by atoms with Gasteiger partial charge in [0.25, 0.3) is 0 Å². The predicted molar refractivity (Wildman–Crippen MR) is 147 cm³/mol. The number of aliphatic hydroxyl groups is 1. The van der Waals surface area contributed by atoms with Gasteiger partial charge in [0.2, 0.25) is 0 Å². The number of likely N-dealkylation sites (tertiary alicyclic amines) is 1. The number of nitrogens with zero attached hydrogens (tertiary/aromatic N) is 2. The lowest BCUT2D eigenvalue weighted by atomic mass is 9.79. The topological polar surface area (TPSA) is 82.9 Å². The van der Waals surface area contributed by atoms with E-state index < -0.39 is 12.1 Å². The lowest BCUT2D eigenvalue weighted by Crippen LogP contribution is -2.42. The monoisotopic (exact) mass is 534 g/mol. The molecule has 1 aromatic carbocycles. The largest absolute Gasteiger partial charge is 0.497 e. The highest BCUT2D eigenvalue weighted by Crippen LogP contribution is 2.37. The van der Waals surface area contributed by atoms with Crippen molar-refractivity contribution in [3.63, 3.8) is 0 Å². The Morgan fingerprint density at radius 3 is 2.81 bits per heavy atom. The molecule has 8 heteroatoms. The molecule has 3 atom stereocenters. The summed E-state index contributed by atoms with van der Waals surface area (Å²) in [5.41, 5.74) is 1.44. The molecule has 3 unspecified atom stereocenters. The molecule has 6 nitrogen and oxygen atoms in total. The number of thioether (sulfide) groups is 1. The number of carboxylic acids is 1. The van der Waals surface area contributed by atoms with E-state index in [9.17, 15) is 15.0 Å². The molecule has 1 saturated carbocycles. The highest BCUT2D eigenvalue weighted by Gasteiger charge is 2.31. The number of carboxylic acid groups (broad SMARTS) is 1. The summed E-state index contributed by atoms with van der Waals surface area (Å²) in [6, 6.07) is 5.58. The molecule has 36 heavy (non-hydrogen) atoms. The number of hydrogen-bond acceptors (Lipinski definition) is 6. The van der Waals surface area contributed by atoms with Crippen molar-refractivity contribution in [3.05, 3.63) is 35.0 Å². The zero-order chi connectivity index (χ0) is 25.5. The third-order valence-electron chi connectivity index (χ3n) is 7.94. The van der Waals surface area contributed by atoms with E-state index >= 15 is 0 Å². The molecule has 0 bridgehead atoms. The maximum Gasteiger partial charge on any atom is 0.303 e. The van der Waals surface area contributed by atoms with Crippen molar-refractivity contribution in [2.24, 2.45) is 11.8 Å². The summed E-state index contributed by atoms with van der Waals surface area (Å²) in [5.74, 6) is 1.47. The first-order valence-corrected chi connectivity index (χ1v) is 14.7. The van der Waals surface area contributed by atoms with E-state index in [1.165, 1.54) is 32.1 Å². The Labute approximate surface area is 223 Å². The van der Waals surface area contributed by atoms with Gasteiger partial charge in [0.05, 0.1) is 23.8 Å². The first-order valence-electron chi connectivity index (χ1n) is 13.3. The molecule has 0 spiro atoms. The van der Waals surface area contributed by atoms with Crippen molar-refractivity contribution < 1.29 is 19.7 Å². The third kappa shape index (κ3) is 7.27. The van der Waals surface area contributed by atoms with Crippen LogP contribution in [0.25, 0.3) is 10.9 Å². The van der Waals surface area contributed by atoms with Crippen LogP contribution in [0, 0.1) is 11.8 Å². The van der Waals surface area contributed by atoms with Gasteiger partial charge in [0.15, 0.2) is 0 Å². The molecule has 2 N–H and O–H groups in total. The average Bonchev–Trinajstić information content (AvgIpc) is 2.88. The zero-order valence-electron chi connectivity index (χ0n) is 21.2. The van der Waals surface area contributed by atoms with Crippen molar-refractivity contribution in [1.29, 1.82) is 0 Å². The van der Waals surface area contributed by atoms with Crippen LogP contribution < -0.4 is 4.74 Å². The van der Waals surface area contributed by atoms with Gasteiger partial charge >= 0.3 is 5.97 Å². The van der Waals surface area contributed by atoms with Gasteiger partial charge < -0.3 is 19.8 Å². The fourth-order valence-corrected chi connectivity index (χ4v) is 7.56. The second-order valence-electron chi connectivity index (χ2n) is 10.3. The molecule has 1 aliphatic heterocycles. The Morgan fingerprint density at radius 1 is 1.25 bits per heavy atom. The summed E-state index contributed by atoms with van der Waals surface area (Å²) in [7, 11) is 1.61. The smallest absolute Gasteiger partial charge is 0.303 e. The van der Waals surface area contributed by atoms with Gasteiger partial charge in [0.1, 0.15) is 5.75 Å². The van der Waals surface area contributed by atoms with E-state index in [2.05, 4.69) is 21.6 Å². The normalized spacial score (nSPS) is 22.5. The summed E-state index contributed by atoms with van der Waals surface area (Å²) in [4.78, 5) is 18.5. The van der Waals surface area contributed by atoms with Crippen LogP contribution in [-0.2, 0) is 4.79 Å². The Hall–Kier alpha value is -1.54. The van der Waals surface area contributed by atoms with Crippen LogP contribution >= 0.6 is 23.4 Å². The number of halogens is 1. The minimum Gasteiger partial charge on any atom is -0.497 e. The van der Waals surface area contributed by atoms with E-state index in [0.717, 1.165) is 54.4 Å². The summed E-state index contributed by atoms with van der Waals surface area (Å²) in [6.45, 7) is 2.86. The molecular formula is C28H39ClN2O4S. The van der Waals surface area contributed by atoms with Gasteiger partial charge in [-0.25, -0.2) is 0 Å². The number of aliphatic hydroxyl groups excluding tert-OH is 1. The number of carbonyl (C=O) groups is 1. The average molecular weight is 535 g/mol. The number of aromatic nitrogens is 1. The van der Waals surface area contributed by atoms with Crippen LogP contribution in [-0.4, -0.2) is 63.8 Å². The minimum atomic E-state index is -0.745. The van der Waals surface area contributed by atoms with E-state index in [0.29, 0.717) is 22.8 Å². The molecule has 0 radical (unpaired) electrons. The highest BCUT2D eigenvalue weighted by molar-refractivity contribution is 7.99. The maximum absolute atomic E-state index is 11.6. The van der Waals surface area contributed by atoms with Crippen LogP contribution in [0.1, 0.15) is 69.5 Å². The molecular weight excluding hydrogens is 496 g/mol. The van der Waals surface area contributed by atoms with Crippen molar-refractivity contribution in [3.8, 4) is 5.75 Å². The fraction of sp³-hybridized carbons (Fsp3) is 0.643. The zero-order valence-corrected chi connectivity index (χ0v) is 22.8. The highest BCUT2D eigenvalue weighted by atomic mass is 35.5. The molecule has 1 saturated heterocycles. The summed E-state index contributed by atoms with van der Waals surface area (Å²) >= 11 is 8.59. The SMILES string of the molecule is COc1ccc2ncc(Cl)c(C(O)CCC3CCN(CCSC4CCCCC4)CC3CC(=O)O)c2c1. The lowest BCUT2D eigenvalue weighted by Gasteiger charge is -2.38. The van der Waals surface area contributed by atoms with Gasteiger partial charge in [-0.3, -0.25) is 9.78 Å². The second-order valence-corrected chi connectivity index (χ2v) is 12.1. The Kier molecular flexibility index (Phi) is 10.2. The third-order valence-corrected chi connectivity index (χ3v) is 9.60. The standard InChI is InChI=1S/C28H39ClN2O4S/c1-35-21-8-9-25-23(16-21)28(24(29)17-30-25)26(32)10-7-19-11-12-31(18-20(19)15-27(33)34)13-14-36-22-5-3-2-4-6-22/h8-9,16-17,19-20,22,26,32H,2-7,10-15,18H2,1H3,(H,33,34). The van der Waals surface area contributed by atoms with Crippen molar-refractivity contribution in [2.45, 2.75) is 69.1 Å². The molecule has 2 fully saturated rings. The number of piperidine rings is 1. The van der Waals surface area contributed by atoms with Crippen LogP contribution in [0.5, 0.6) is 5.75 Å². The van der Waals surface area contributed by atoms with Gasteiger partial charge in [-0.05, 0) is 68.7 Å². The fourth-order valence-electron chi connectivity index (χ4n) is 5.92. The first-order chi connectivity index (χ1) is 17.4. The number of hydrogen-bond donors (Lipinski definition) is 2. The number of fused-ring (bicyclic) bond motifs is 1. The van der Waals surface area contributed by atoms with Crippen LogP contribution in [0.3, 0.4) is 0 Å². The minimum absolute atomic E-state index is 0.105. The Bertz CT molecular complexity index is 1020. The molecule has 1 aromatic heterocycles. The maximum atomic E-state index is 11.6. The Morgan fingerprint density at radius 2 is 2.06 bits per heavy atom. The number of pyridine rings is 1. The molecule has 198 valence electrons. The number of ether oxygens (including phenoxy) is 1. The summed E-state index contributed by atoms with van der Waals surface area (Å²) in [5, 5.41) is 22.8. The van der Waals surface area contributed by atoms with Gasteiger partial charge in [0, 0.05) is 47.7 Å². The van der Waals surface area contributed by atoms with Crippen molar-refractivity contribution in [1.82, 2.24) is 9.88 Å². The van der Waals surface area contributed by atoms with Gasteiger partial charge in [-0.2, -0.15) is 11.8 Å². The van der Waals surface area contributed by atoms with Crippen LogP contribution in [0.15, 0.2) is 24.4 Å². The molecule has 1 aliphatic carbocycles. The predicted octanol–water partition coefficient (Wildman–Crippen LogP) is 6.19. The van der Waals surface area contributed by atoms with E-state index in [-0.39, 0.29) is 18.3 Å². The van der Waals surface area contributed by atoms with Gasteiger partial charge in [-0.1, -0.05) is 30.9 Å². The number of rotatable bonds is 11. The first kappa shape index (κ1) is 27.5. The molecule has 2 aliphatic rings. The second kappa shape index (κ2) is 13.3. The van der Waals surface area contributed by atoms with E-state index in [1.807, 2.05) is 18.2 Å². The van der Waals surface area contributed by atoms with E-state index in [4.69, 9.17) is 16.3 Å². The Balaban J connectivity index is 1.35. The van der Waals surface area contributed by atoms with Crippen molar-refractivity contribution >= 4 is 40.2 Å². The number of methoxy groups -OCH3 is 1. The lowest BCUT2D eigenvalue weighted by molar-refractivity contribution is -0.139.